The average molecular weight is 477 g/mol. The molecular formula is C22H25BrN2O3S. The molecule has 0 aliphatic heterocycles. The van der Waals surface area contributed by atoms with E-state index < -0.39 is 5.97 Å². The van der Waals surface area contributed by atoms with Crippen LogP contribution in [0.25, 0.3) is 0 Å². The van der Waals surface area contributed by atoms with Gasteiger partial charge in [-0.1, -0.05) is 56.4 Å². The van der Waals surface area contributed by atoms with Crippen LogP contribution >= 0.6 is 28.1 Å². The summed E-state index contributed by atoms with van der Waals surface area (Å²) in [6.45, 7) is 6.11. The molecule has 0 bridgehead atoms. The summed E-state index contributed by atoms with van der Waals surface area (Å²) in [7, 11) is 1.34. The summed E-state index contributed by atoms with van der Waals surface area (Å²) in [5, 5.41) is 3.24. The Morgan fingerprint density at radius 2 is 1.83 bits per heavy atom. The van der Waals surface area contributed by atoms with Gasteiger partial charge in [-0.2, -0.15) is 0 Å². The number of ether oxygens (including phenoxy) is 1. The summed E-state index contributed by atoms with van der Waals surface area (Å²) in [6, 6.07) is 14.7. The second-order valence-electron chi connectivity index (χ2n) is 7.00. The largest absolute Gasteiger partial charge is 0.465 e. The number of anilines is 1. The Balaban J connectivity index is 2.26. The monoisotopic (exact) mass is 476 g/mol. The summed E-state index contributed by atoms with van der Waals surface area (Å²) in [5.41, 5.74) is 2.20. The normalized spacial score (nSPS) is 11.7. The summed E-state index contributed by atoms with van der Waals surface area (Å²) in [4.78, 5) is 26.5. The summed E-state index contributed by atoms with van der Waals surface area (Å²) in [6.07, 6.45) is 0. The van der Waals surface area contributed by atoms with Gasteiger partial charge in [-0.3, -0.25) is 4.79 Å². The van der Waals surface area contributed by atoms with Crippen molar-refractivity contribution in [2.45, 2.75) is 33.4 Å². The molecule has 1 amide bonds. The number of hydrogen-bond acceptors (Lipinski definition) is 4. The van der Waals surface area contributed by atoms with E-state index in [9.17, 15) is 9.59 Å². The van der Waals surface area contributed by atoms with Crippen LogP contribution in [0.4, 0.5) is 5.69 Å². The van der Waals surface area contributed by atoms with E-state index in [1.165, 1.54) is 7.11 Å². The molecule has 2 aromatic rings. The molecule has 2 aromatic carbocycles. The van der Waals surface area contributed by atoms with Gasteiger partial charge in [0.25, 0.3) is 0 Å². The third-order valence-electron chi connectivity index (χ3n) is 4.48. The van der Waals surface area contributed by atoms with Gasteiger partial charge in [0, 0.05) is 17.9 Å². The van der Waals surface area contributed by atoms with Crippen LogP contribution < -0.4 is 5.32 Å². The highest BCUT2D eigenvalue weighted by Crippen LogP contribution is 2.26. The number of carbonyl (C=O) groups excluding carboxylic acids is 2. The molecule has 29 heavy (non-hydrogen) atoms. The van der Waals surface area contributed by atoms with Gasteiger partial charge in [-0.25, -0.2) is 4.79 Å². The van der Waals surface area contributed by atoms with Crippen molar-refractivity contribution in [3.05, 3.63) is 64.1 Å². The number of esters is 1. The first-order valence-electron chi connectivity index (χ1n) is 9.24. The minimum absolute atomic E-state index is 0.0446. The number of thiocarbonyl (C=S) groups is 1. The van der Waals surface area contributed by atoms with Crippen molar-refractivity contribution in [3.63, 3.8) is 0 Å². The van der Waals surface area contributed by atoms with E-state index in [0.717, 1.165) is 11.3 Å². The Labute approximate surface area is 185 Å². The third kappa shape index (κ3) is 6.11. The number of hydrogen-bond donors (Lipinski definition) is 1. The SMILES string of the molecule is COC(=O)c1ccc(NC(=S)C(C(C)C)N(Cc2ccccc2)C(C)=O)c(Br)c1. The second-order valence-corrected chi connectivity index (χ2v) is 8.29. The van der Waals surface area contributed by atoms with E-state index in [0.29, 0.717) is 21.6 Å². The third-order valence-corrected chi connectivity index (χ3v) is 5.48. The average Bonchev–Trinajstić information content (AvgIpc) is 2.68. The Hall–Kier alpha value is -2.25. The fourth-order valence-corrected chi connectivity index (χ4v) is 4.05. The van der Waals surface area contributed by atoms with Gasteiger partial charge in [0.15, 0.2) is 0 Å². The number of rotatable bonds is 7. The number of carbonyl (C=O) groups is 2. The molecule has 0 radical (unpaired) electrons. The molecular weight excluding hydrogens is 452 g/mol. The molecule has 2 rings (SSSR count). The lowest BCUT2D eigenvalue weighted by molar-refractivity contribution is -0.131. The van der Waals surface area contributed by atoms with Crippen LogP contribution in [0.2, 0.25) is 0 Å². The first kappa shape index (κ1) is 23.0. The Kier molecular flexibility index (Phi) is 8.34. The summed E-state index contributed by atoms with van der Waals surface area (Å²) in [5.74, 6) is -0.349. The first-order chi connectivity index (χ1) is 13.7. The van der Waals surface area contributed by atoms with E-state index in [1.807, 2.05) is 44.2 Å². The molecule has 5 nitrogen and oxygen atoms in total. The fourth-order valence-electron chi connectivity index (χ4n) is 3.06. The standard InChI is InChI=1S/C22H25BrN2O3S/c1-14(2)20(25(15(3)26)13-16-8-6-5-7-9-16)21(29)24-19-11-10-17(12-18(19)23)22(27)28-4/h5-12,14,20H,13H2,1-4H3,(H,24,29). The van der Waals surface area contributed by atoms with E-state index >= 15 is 0 Å². The molecule has 0 saturated carbocycles. The Morgan fingerprint density at radius 1 is 1.17 bits per heavy atom. The molecule has 1 atom stereocenters. The van der Waals surface area contributed by atoms with Crippen LogP contribution in [0.1, 0.15) is 36.7 Å². The van der Waals surface area contributed by atoms with Crippen molar-refractivity contribution in [1.82, 2.24) is 4.90 Å². The highest BCUT2D eigenvalue weighted by molar-refractivity contribution is 9.10. The van der Waals surface area contributed by atoms with E-state index in [4.69, 9.17) is 17.0 Å². The van der Waals surface area contributed by atoms with E-state index in [1.54, 1.807) is 30.0 Å². The van der Waals surface area contributed by atoms with Gasteiger partial charge >= 0.3 is 5.97 Å². The van der Waals surface area contributed by atoms with Gasteiger partial charge in [0.2, 0.25) is 5.91 Å². The van der Waals surface area contributed by atoms with Crippen molar-refractivity contribution in [1.29, 1.82) is 0 Å². The zero-order valence-electron chi connectivity index (χ0n) is 16.9. The second kappa shape index (κ2) is 10.5. The topological polar surface area (TPSA) is 58.6 Å². The summed E-state index contributed by atoms with van der Waals surface area (Å²) < 4.78 is 5.43. The van der Waals surface area contributed by atoms with Crippen molar-refractivity contribution < 1.29 is 14.3 Å². The van der Waals surface area contributed by atoms with Crippen molar-refractivity contribution in [2.24, 2.45) is 5.92 Å². The molecule has 0 aromatic heterocycles. The quantitative estimate of drug-likeness (QED) is 0.447. The van der Waals surface area contributed by atoms with Crippen LogP contribution in [0.5, 0.6) is 0 Å². The molecule has 154 valence electrons. The lowest BCUT2D eigenvalue weighted by Crippen LogP contribution is -2.48. The molecule has 7 heteroatoms. The number of nitrogens with one attached hydrogen (secondary N) is 1. The molecule has 0 saturated heterocycles. The van der Waals surface area contributed by atoms with Crippen LogP contribution in [0.15, 0.2) is 53.0 Å². The predicted octanol–water partition coefficient (Wildman–Crippen LogP) is 5.05. The molecule has 0 aliphatic rings. The predicted molar refractivity (Wildman–Crippen MR) is 123 cm³/mol. The van der Waals surface area contributed by atoms with Crippen LogP contribution in [0, 0.1) is 5.92 Å². The van der Waals surface area contributed by atoms with Crippen molar-refractivity contribution >= 4 is 50.7 Å². The maximum absolute atomic E-state index is 12.4. The molecule has 0 aliphatic carbocycles. The Morgan fingerprint density at radius 3 is 2.34 bits per heavy atom. The number of halogens is 1. The molecule has 0 fully saturated rings. The molecule has 0 heterocycles. The maximum Gasteiger partial charge on any atom is 0.337 e. The zero-order chi connectivity index (χ0) is 21.6. The van der Waals surface area contributed by atoms with Gasteiger partial charge in [0.05, 0.1) is 24.4 Å². The first-order valence-corrected chi connectivity index (χ1v) is 10.4. The van der Waals surface area contributed by atoms with Gasteiger partial charge in [-0.05, 0) is 45.6 Å². The van der Waals surface area contributed by atoms with E-state index in [-0.39, 0.29) is 17.9 Å². The minimum atomic E-state index is -0.412. The Bertz CT molecular complexity index is 887. The lowest BCUT2D eigenvalue weighted by atomic mass is 10.0. The number of nitrogens with zero attached hydrogens (tertiary/aromatic N) is 1. The highest BCUT2D eigenvalue weighted by atomic mass is 79.9. The van der Waals surface area contributed by atoms with Gasteiger partial charge in [-0.15, -0.1) is 0 Å². The van der Waals surface area contributed by atoms with Gasteiger partial charge < -0.3 is 15.0 Å². The smallest absolute Gasteiger partial charge is 0.337 e. The molecule has 1 N–H and O–H groups in total. The lowest BCUT2D eigenvalue weighted by Gasteiger charge is -2.34. The number of benzene rings is 2. The minimum Gasteiger partial charge on any atom is -0.465 e. The highest BCUT2D eigenvalue weighted by Gasteiger charge is 2.28. The van der Waals surface area contributed by atoms with Gasteiger partial charge in [0.1, 0.15) is 4.99 Å². The zero-order valence-corrected chi connectivity index (χ0v) is 19.3. The van der Waals surface area contributed by atoms with Crippen LogP contribution in [0.3, 0.4) is 0 Å². The molecule has 1 unspecified atom stereocenters. The van der Waals surface area contributed by atoms with Crippen molar-refractivity contribution in [3.8, 4) is 0 Å². The molecule has 0 spiro atoms. The van der Waals surface area contributed by atoms with Crippen LogP contribution in [-0.4, -0.2) is 34.9 Å². The number of amides is 1. The van der Waals surface area contributed by atoms with Crippen LogP contribution in [-0.2, 0) is 16.1 Å². The van der Waals surface area contributed by atoms with E-state index in [2.05, 4.69) is 21.2 Å². The number of methoxy groups -OCH3 is 1. The van der Waals surface area contributed by atoms with Crippen molar-refractivity contribution in [2.75, 3.05) is 12.4 Å². The fraction of sp³-hybridized carbons (Fsp3) is 0.318. The maximum atomic E-state index is 12.4. The summed E-state index contributed by atoms with van der Waals surface area (Å²) >= 11 is 9.16.